The molecule has 0 atom stereocenters. The number of hydrogen-bond donors (Lipinski definition) is 1. The number of hydrogen-bond acceptors (Lipinski definition) is 4. The van der Waals surface area contributed by atoms with Gasteiger partial charge in [-0.25, -0.2) is 0 Å². The van der Waals surface area contributed by atoms with E-state index in [2.05, 4.69) is 10.4 Å². The van der Waals surface area contributed by atoms with Gasteiger partial charge in [0.15, 0.2) is 6.61 Å². The Morgan fingerprint density at radius 2 is 1.76 bits per heavy atom. The maximum absolute atomic E-state index is 13.0. The normalized spacial score (nSPS) is 14.4. The van der Waals surface area contributed by atoms with Crippen molar-refractivity contribution in [3.63, 3.8) is 0 Å². The first kappa shape index (κ1) is 22.6. The van der Waals surface area contributed by atoms with Gasteiger partial charge in [-0.1, -0.05) is 59.6 Å². The zero-order chi connectivity index (χ0) is 23.4. The van der Waals surface area contributed by atoms with Crippen LogP contribution in [0.2, 0.25) is 10.0 Å². The predicted molar refractivity (Wildman–Crippen MR) is 132 cm³/mol. The van der Waals surface area contributed by atoms with Gasteiger partial charge in [0, 0.05) is 11.3 Å². The molecule has 0 spiro atoms. The highest BCUT2D eigenvalue weighted by Crippen LogP contribution is 2.28. The number of para-hydroxylation sites is 2. The lowest BCUT2D eigenvalue weighted by Crippen LogP contribution is -2.21. The number of rotatable bonds is 6. The molecular formula is C25H19Cl2N3O3. The van der Waals surface area contributed by atoms with E-state index in [4.69, 9.17) is 27.9 Å². The van der Waals surface area contributed by atoms with Gasteiger partial charge in [0.25, 0.3) is 11.8 Å². The molecule has 6 nitrogen and oxygen atoms in total. The third kappa shape index (κ3) is 5.25. The number of amides is 2. The molecule has 0 radical (unpaired) electrons. The predicted octanol–water partition coefficient (Wildman–Crippen LogP) is 5.82. The summed E-state index contributed by atoms with van der Waals surface area (Å²) in [5.74, 6) is -0.125. The number of carbonyl (C=O) groups is 2. The molecule has 4 rings (SSSR count). The summed E-state index contributed by atoms with van der Waals surface area (Å²) in [6, 6.07) is 21.2. The van der Waals surface area contributed by atoms with Gasteiger partial charge in [0.05, 0.1) is 27.0 Å². The van der Waals surface area contributed by atoms with E-state index in [9.17, 15) is 9.59 Å². The number of carbonyl (C=O) groups excluding carboxylic acids is 2. The fourth-order valence-electron chi connectivity index (χ4n) is 3.23. The molecular weight excluding hydrogens is 461 g/mol. The average molecular weight is 480 g/mol. The highest BCUT2D eigenvalue weighted by atomic mass is 35.5. The molecule has 33 heavy (non-hydrogen) atoms. The summed E-state index contributed by atoms with van der Waals surface area (Å²) in [5, 5.41) is 9.21. The third-order valence-electron chi connectivity index (χ3n) is 4.84. The number of nitrogens with one attached hydrogen (secondary N) is 1. The summed E-state index contributed by atoms with van der Waals surface area (Å²) in [6.07, 6.45) is 1.72. The van der Waals surface area contributed by atoms with Crippen LogP contribution in [0.25, 0.3) is 6.08 Å². The van der Waals surface area contributed by atoms with E-state index in [1.807, 2.05) is 42.5 Å². The van der Waals surface area contributed by atoms with Crippen LogP contribution in [-0.4, -0.2) is 24.1 Å². The average Bonchev–Trinajstić information content (AvgIpc) is 3.10. The molecule has 2 amide bonds. The topological polar surface area (TPSA) is 71.0 Å². The van der Waals surface area contributed by atoms with Crippen LogP contribution in [0.4, 0.5) is 11.4 Å². The van der Waals surface area contributed by atoms with Gasteiger partial charge >= 0.3 is 0 Å². The van der Waals surface area contributed by atoms with Crippen LogP contribution in [0.1, 0.15) is 12.5 Å². The second kappa shape index (κ2) is 9.90. The molecule has 0 saturated carbocycles. The Hall–Kier alpha value is -3.61. The van der Waals surface area contributed by atoms with Gasteiger partial charge in [0.1, 0.15) is 5.75 Å². The first-order valence-electron chi connectivity index (χ1n) is 10.1. The minimum absolute atomic E-state index is 0.225. The van der Waals surface area contributed by atoms with Crippen molar-refractivity contribution in [1.29, 1.82) is 0 Å². The quantitative estimate of drug-likeness (QED) is 0.453. The minimum atomic E-state index is -0.360. The fourth-order valence-corrected chi connectivity index (χ4v) is 3.53. The molecule has 3 aromatic carbocycles. The molecule has 0 aliphatic carbocycles. The van der Waals surface area contributed by atoms with Crippen molar-refractivity contribution < 1.29 is 14.3 Å². The molecule has 0 unspecified atom stereocenters. The summed E-state index contributed by atoms with van der Waals surface area (Å²) in [4.78, 5) is 25.3. The summed E-state index contributed by atoms with van der Waals surface area (Å²) >= 11 is 11.9. The molecule has 0 aromatic heterocycles. The molecule has 0 bridgehead atoms. The maximum Gasteiger partial charge on any atom is 0.280 e. The van der Waals surface area contributed by atoms with Gasteiger partial charge < -0.3 is 10.1 Å². The van der Waals surface area contributed by atoms with Crippen LogP contribution in [0.3, 0.4) is 0 Å². The van der Waals surface area contributed by atoms with Crippen molar-refractivity contribution in [2.24, 2.45) is 5.10 Å². The first-order chi connectivity index (χ1) is 15.9. The highest BCUT2D eigenvalue weighted by molar-refractivity contribution is 6.42. The van der Waals surface area contributed by atoms with E-state index in [0.717, 1.165) is 0 Å². The zero-order valence-corrected chi connectivity index (χ0v) is 19.1. The number of halogens is 2. The van der Waals surface area contributed by atoms with Crippen molar-refractivity contribution in [2.75, 3.05) is 16.9 Å². The van der Waals surface area contributed by atoms with E-state index in [0.29, 0.717) is 44.0 Å². The number of anilines is 2. The van der Waals surface area contributed by atoms with Crippen molar-refractivity contribution >= 4 is 58.2 Å². The van der Waals surface area contributed by atoms with Crippen LogP contribution in [0.15, 0.2) is 83.5 Å². The SMILES string of the molecule is CC1=NN(c2ccccc2)C(=O)/C1=C\c1ccccc1OCC(=O)Nc1ccc(Cl)c(Cl)c1. The second-order valence-corrected chi connectivity index (χ2v) is 8.01. The van der Waals surface area contributed by atoms with Gasteiger partial charge in [-0.15, -0.1) is 0 Å². The van der Waals surface area contributed by atoms with E-state index < -0.39 is 0 Å². The van der Waals surface area contributed by atoms with E-state index in [1.165, 1.54) is 5.01 Å². The van der Waals surface area contributed by atoms with Crippen molar-refractivity contribution in [2.45, 2.75) is 6.92 Å². The van der Waals surface area contributed by atoms with E-state index in [1.54, 1.807) is 43.3 Å². The molecule has 166 valence electrons. The highest BCUT2D eigenvalue weighted by Gasteiger charge is 2.28. The van der Waals surface area contributed by atoms with Crippen LogP contribution in [0.5, 0.6) is 5.75 Å². The fraction of sp³-hybridized carbons (Fsp3) is 0.0800. The Labute approximate surface area is 201 Å². The first-order valence-corrected chi connectivity index (χ1v) is 10.8. The number of nitrogens with zero attached hydrogens (tertiary/aromatic N) is 2. The number of hydrazone groups is 1. The Balaban J connectivity index is 1.48. The second-order valence-electron chi connectivity index (χ2n) is 7.20. The molecule has 3 aromatic rings. The molecule has 1 aliphatic rings. The minimum Gasteiger partial charge on any atom is -0.483 e. The van der Waals surface area contributed by atoms with E-state index in [-0.39, 0.29) is 18.4 Å². The van der Waals surface area contributed by atoms with Gasteiger partial charge in [-0.05, 0) is 49.4 Å². The van der Waals surface area contributed by atoms with Crippen LogP contribution in [-0.2, 0) is 9.59 Å². The summed E-state index contributed by atoms with van der Waals surface area (Å²) in [6.45, 7) is 1.55. The number of ether oxygens (including phenoxy) is 1. The lowest BCUT2D eigenvalue weighted by Gasteiger charge is -2.12. The van der Waals surface area contributed by atoms with Crippen LogP contribution >= 0.6 is 23.2 Å². The Morgan fingerprint density at radius 1 is 1.03 bits per heavy atom. The smallest absolute Gasteiger partial charge is 0.280 e. The summed E-state index contributed by atoms with van der Waals surface area (Å²) in [5.41, 5.74) is 2.91. The molecule has 0 saturated heterocycles. The number of benzene rings is 3. The Morgan fingerprint density at radius 3 is 2.52 bits per heavy atom. The van der Waals surface area contributed by atoms with Gasteiger partial charge in [-0.2, -0.15) is 10.1 Å². The molecule has 1 aliphatic heterocycles. The van der Waals surface area contributed by atoms with Gasteiger partial charge in [0.2, 0.25) is 0 Å². The maximum atomic E-state index is 13.0. The Kier molecular flexibility index (Phi) is 6.77. The largest absolute Gasteiger partial charge is 0.483 e. The Bertz CT molecular complexity index is 1270. The molecule has 1 heterocycles. The van der Waals surface area contributed by atoms with Gasteiger partial charge in [-0.3, -0.25) is 9.59 Å². The lowest BCUT2D eigenvalue weighted by atomic mass is 10.1. The molecule has 1 N–H and O–H groups in total. The van der Waals surface area contributed by atoms with Crippen molar-refractivity contribution in [3.05, 3.63) is 94.0 Å². The zero-order valence-electron chi connectivity index (χ0n) is 17.6. The molecule has 0 fully saturated rings. The third-order valence-corrected chi connectivity index (χ3v) is 5.58. The summed E-state index contributed by atoms with van der Waals surface area (Å²) < 4.78 is 5.74. The monoisotopic (exact) mass is 479 g/mol. The van der Waals surface area contributed by atoms with Crippen LogP contribution in [0, 0.1) is 0 Å². The standard InChI is InChI=1S/C25H19Cl2N3O3/c1-16-20(25(32)30(29-16)19-8-3-2-4-9-19)13-17-7-5-6-10-23(17)33-15-24(31)28-18-11-12-21(26)22(27)14-18/h2-14H,15H2,1H3,(H,28,31)/b20-13-. The van der Waals surface area contributed by atoms with Crippen molar-refractivity contribution in [3.8, 4) is 5.75 Å². The van der Waals surface area contributed by atoms with Crippen molar-refractivity contribution in [1.82, 2.24) is 0 Å². The summed E-state index contributed by atoms with van der Waals surface area (Å²) in [7, 11) is 0. The van der Waals surface area contributed by atoms with E-state index >= 15 is 0 Å². The molecule has 8 heteroatoms. The van der Waals surface area contributed by atoms with Crippen LogP contribution < -0.4 is 15.1 Å². The lowest BCUT2D eigenvalue weighted by molar-refractivity contribution is -0.118.